The third-order valence-corrected chi connectivity index (χ3v) is 20.4. The molecular weight excluding hydrogens is 1310 g/mol. The van der Waals surface area contributed by atoms with Gasteiger partial charge < -0.3 is 36.0 Å². The summed E-state index contributed by atoms with van der Waals surface area (Å²) in [7, 11) is -3.65. The summed E-state index contributed by atoms with van der Waals surface area (Å²) in [5, 5.41) is 32.6. The Morgan fingerprint density at radius 2 is 1.47 bits per heavy atom. The molecular formula is C70H84ClN17O6S3. The standard InChI is InChI=1S/C27H36N6O3S.C23H28ClN7OS.C20H20N4O2S/c1-20-19-28-26(30-21-10-12-23(13-11-21)36-17-16-33-14-5-6-15-33)31-25(20)29-22-8-7-9-24(18-22)37(34,35)32-27(2,3)4;1-4-8-30-9-11-31(12-10-30)20-13-19(26-16(3)27-20)28-23-25-14-18(33-23)22(32)29-21-15(2)6-5-7-17(21)24;1-10-5-7-14(8-6-10)18-17-11(2)12(3)27-20(17)24-13(4)22-23-19(24)15(21-18)9-16(25)26/h7-13,18-19,32H,5-6,14-17H2,1-4H3,(H2,28,29,30,31);5-7,13-14H,4,8-12H2,1-3H3,(H,29,32)(H,25,26,27,28);5-8,15H,9H2,1-4H3,(H,25,26)/t;;15-/m..0/s1. The monoisotopic (exact) mass is 1390 g/mol. The van der Waals surface area contributed by atoms with Crippen LogP contribution in [-0.4, -0.2) is 145 Å². The Labute approximate surface area is 580 Å². The summed E-state index contributed by atoms with van der Waals surface area (Å²) >= 11 is 9.16. The van der Waals surface area contributed by atoms with Crippen molar-refractivity contribution in [3.63, 3.8) is 0 Å². The van der Waals surface area contributed by atoms with Gasteiger partial charge in [0, 0.05) is 83.5 Å². The molecule has 23 nitrogen and oxygen atoms in total. The number of fused-ring (bicyclic) bond motifs is 3. The fraction of sp³-hybridized carbons (Fsp3) is 0.371. The number of para-hydroxylation sites is 1. The Hall–Kier alpha value is -8.76. The zero-order chi connectivity index (χ0) is 69.1. The predicted octanol–water partition coefficient (Wildman–Crippen LogP) is 13.5. The highest BCUT2D eigenvalue weighted by Crippen LogP contribution is 2.40. The van der Waals surface area contributed by atoms with Crippen LogP contribution in [-0.2, 0) is 14.8 Å². The molecule has 5 aromatic heterocycles. The van der Waals surface area contributed by atoms with Gasteiger partial charge in [0.25, 0.3) is 5.91 Å². The van der Waals surface area contributed by atoms with E-state index in [-0.39, 0.29) is 17.2 Å². The van der Waals surface area contributed by atoms with Crippen molar-refractivity contribution in [2.24, 2.45) is 4.99 Å². The number of carbonyl (C=O) groups excluding carboxylic acids is 1. The number of benzene rings is 4. The number of anilines is 8. The van der Waals surface area contributed by atoms with Crippen molar-refractivity contribution in [1.82, 2.24) is 54.2 Å². The molecule has 0 saturated carbocycles. The number of likely N-dealkylation sites (tertiary alicyclic amines) is 1. The van der Waals surface area contributed by atoms with Gasteiger partial charge in [-0.15, -0.1) is 21.5 Å². The van der Waals surface area contributed by atoms with Gasteiger partial charge in [-0.1, -0.05) is 77.9 Å². The lowest BCUT2D eigenvalue weighted by Crippen LogP contribution is -2.46. The van der Waals surface area contributed by atoms with Gasteiger partial charge in [-0.05, 0) is 168 Å². The van der Waals surface area contributed by atoms with Crippen molar-refractivity contribution in [1.29, 1.82) is 0 Å². The van der Waals surface area contributed by atoms with Crippen LogP contribution < -0.4 is 35.6 Å². The number of rotatable bonds is 20. The summed E-state index contributed by atoms with van der Waals surface area (Å²) < 4.78 is 36.0. The van der Waals surface area contributed by atoms with Crippen LogP contribution in [0, 0.1) is 48.5 Å². The number of sulfonamides is 1. The Morgan fingerprint density at radius 3 is 2.18 bits per heavy atom. The van der Waals surface area contributed by atoms with Crippen molar-refractivity contribution < 1.29 is 27.9 Å². The Balaban J connectivity index is 0.000000160. The predicted molar refractivity (Wildman–Crippen MR) is 388 cm³/mol. The third-order valence-electron chi connectivity index (χ3n) is 16.2. The smallest absolute Gasteiger partial charge is 0.306 e. The molecule has 0 spiro atoms. The molecule has 1 amide bonds. The minimum atomic E-state index is -3.65. The number of aromatic nitrogens is 8. The van der Waals surface area contributed by atoms with Crippen LogP contribution in [0.5, 0.6) is 5.75 Å². The minimum Gasteiger partial charge on any atom is -0.492 e. The van der Waals surface area contributed by atoms with Crippen LogP contribution >= 0.6 is 34.3 Å². The number of hydrogen-bond acceptors (Lipinski definition) is 21. The van der Waals surface area contributed by atoms with E-state index in [0.717, 1.165) is 101 Å². The second-order valence-electron chi connectivity index (χ2n) is 25.2. The number of thiazole rings is 1. The van der Waals surface area contributed by atoms with Crippen LogP contribution in [0.25, 0.3) is 5.00 Å². The zero-order valence-electron chi connectivity index (χ0n) is 56.6. The van der Waals surface area contributed by atoms with Crippen molar-refractivity contribution in [3.8, 4) is 10.8 Å². The normalized spacial score (nSPS) is 14.8. The van der Waals surface area contributed by atoms with Crippen molar-refractivity contribution >= 4 is 107 Å². The maximum Gasteiger partial charge on any atom is 0.306 e. The molecule has 6 N–H and O–H groups in total. The Morgan fingerprint density at radius 1 is 0.753 bits per heavy atom. The molecule has 0 radical (unpaired) electrons. The lowest BCUT2D eigenvalue weighted by atomic mass is 9.99. The molecule has 0 unspecified atom stereocenters. The number of carboxylic acid groups (broad SMARTS) is 1. The van der Waals surface area contributed by atoms with E-state index >= 15 is 0 Å². The summed E-state index contributed by atoms with van der Waals surface area (Å²) in [4.78, 5) is 60.6. The molecule has 3 aliphatic heterocycles. The number of amides is 1. The summed E-state index contributed by atoms with van der Waals surface area (Å²) in [5.74, 6) is 4.26. The van der Waals surface area contributed by atoms with Gasteiger partial charge in [0.15, 0.2) is 11.0 Å². The number of piperazine rings is 1. The number of ether oxygens (including phenoxy) is 1. The van der Waals surface area contributed by atoms with Gasteiger partial charge in [0.2, 0.25) is 16.0 Å². The van der Waals surface area contributed by atoms with Crippen LogP contribution in [0.1, 0.15) is 125 Å². The Kier molecular flexibility index (Phi) is 23.2. The highest BCUT2D eigenvalue weighted by Gasteiger charge is 2.33. The van der Waals surface area contributed by atoms with Crippen LogP contribution in [0.15, 0.2) is 119 Å². The molecule has 9 aromatic rings. The summed E-state index contributed by atoms with van der Waals surface area (Å²) in [6.07, 6.45) is 6.88. The van der Waals surface area contributed by atoms with Gasteiger partial charge in [0.1, 0.15) is 57.4 Å². The highest BCUT2D eigenvalue weighted by atomic mass is 35.5. The maximum absolute atomic E-state index is 12.7. The van der Waals surface area contributed by atoms with Crippen LogP contribution in [0.2, 0.25) is 5.02 Å². The van der Waals surface area contributed by atoms with E-state index in [9.17, 15) is 23.1 Å². The number of aliphatic carboxylic acids is 1. The first kappa shape index (κ1) is 71.0. The molecule has 2 saturated heterocycles. The molecule has 12 rings (SSSR count). The number of carboxylic acids is 1. The second-order valence-corrected chi connectivity index (χ2v) is 29.5. The third kappa shape index (κ3) is 18.7. The van der Waals surface area contributed by atoms with E-state index in [1.807, 2.05) is 115 Å². The molecule has 2 fully saturated rings. The Bertz CT molecular complexity index is 4370. The first-order chi connectivity index (χ1) is 46.4. The quantitative estimate of drug-likeness (QED) is 0.0414. The molecule has 510 valence electrons. The lowest BCUT2D eigenvalue weighted by molar-refractivity contribution is -0.137. The van der Waals surface area contributed by atoms with Gasteiger partial charge in [-0.2, -0.15) is 4.98 Å². The van der Waals surface area contributed by atoms with E-state index in [0.29, 0.717) is 62.2 Å². The molecule has 0 aliphatic carbocycles. The van der Waals surface area contributed by atoms with E-state index < -0.39 is 27.6 Å². The number of nitrogens with one attached hydrogen (secondary N) is 5. The zero-order valence-corrected chi connectivity index (χ0v) is 59.8. The van der Waals surface area contributed by atoms with Gasteiger partial charge in [-0.25, -0.2) is 33.1 Å². The van der Waals surface area contributed by atoms with Gasteiger partial charge in [0.05, 0.1) is 33.9 Å². The topological polar surface area (TPSA) is 275 Å². The van der Waals surface area contributed by atoms with Gasteiger partial charge in [-0.3, -0.25) is 28.9 Å². The molecule has 1 atom stereocenters. The van der Waals surface area contributed by atoms with Crippen LogP contribution in [0.3, 0.4) is 0 Å². The lowest BCUT2D eigenvalue weighted by Gasteiger charge is -2.35. The van der Waals surface area contributed by atoms with Crippen molar-refractivity contribution in [2.75, 3.05) is 85.1 Å². The first-order valence-electron chi connectivity index (χ1n) is 32.4. The minimum absolute atomic E-state index is 0.125. The average molecular weight is 1390 g/mol. The van der Waals surface area contributed by atoms with E-state index in [1.165, 1.54) is 54.1 Å². The fourth-order valence-electron chi connectivity index (χ4n) is 11.2. The SMILES string of the molecule is CCCN1CCN(c2cc(Nc3ncc(C(=O)Nc4c(C)cccc4Cl)s3)nc(C)n2)CC1.Cc1ccc(C2=N[C@@H](CC(=O)O)c3nnc(C)n3-c3sc(C)c(C)c32)cc1.Cc1cnc(Nc2ccc(OCCN3CCCC3)cc2)nc1Nc1cccc(S(=O)(=O)NC(C)(C)C)c1. The largest absolute Gasteiger partial charge is 0.492 e. The number of aliphatic imine (C=N–C) groups is 1. The first-order valence-corrected chi connectivity index (χ1v) is 35.8. The number of halogens is 1. The molecule has 4 aromatic carbocycles. The number of aryl methyl sites for hydroxylation is 6. The molecule has 97 heavy (non-hydrogen) atoms. The van der Waals surface area contributed by atoms with E-state index in [1.54, 1.807) is 54.1 Å². The molecule has 8 heterocycles. The molecule has 3 aliphatic rings. The van der Waals surface area contributed by atoms with Crippen LogP contribution in [0.4, 0.5) is 45.6 Å². The summed E-state index contributed by atoms with van der Waals surface area (Å²) in [6, 6.07) is 29.4. The van der Waals surface area contributed by atoms with Crippen molar-refractivity contribution in [2.45, 2.75) is 118 Å². The highest BCUT2D eigenvalue weighted by molar-refractivity contribution is 7.89. The van der Waals surface area contributed by atoms with E-state index in [4.69, 9.17) is 21.3 Å². The summed E-state index contributed by atoms with van der Waals surface area (Å²) in [5.41, 5.74) is 8.38. The van der Waals surface area contributed by atoms with E-state index in [2.05, 4.69) is 109 Å². The fourth-order valence-corrected chi connectivity index (χ4v) is 14.9. The average Bonchev–Trinajstić information content (AvgIpc) is 1.60. The second kappa shape index (κ2) is 31.6. The maximum atomic E-state index is 12.7. The molecule has 27 heteroatoms. The molecule has 0 bridgehead atoms. The van der Waals surface area contributed by atoms with Gasteiger partial charge >= 0.3 is 5.97 Å². The number of nitrogens with zero attached hydrogens (tertiary/aromatic N) is 12. The summed E-state index contributed by atoms with van der Waals surface area (Å²) in [6.45, 7) is 30.5. The number of carbonyl (C=O) groups is 2. The van der Waals surface area contributed by atoms with Crippen molar-refractivity contribution in [3.05, 3.63) is 175 Å². The number of hydrogen-bond donors (Lipinski definition) is 6. The number of thiophene rings is 1.